The van der Waals surface area contributed by atoms with E-state index in [-0.39, 0.29) is 0 Å². The van der Waals surface area contributed by atoms with Crippen LogP contribution in [0.15, 0.2) is 12.7 Å². The van der Waals surface area contributed by atoms with Gasteiger partial charge in [-0.3, -0.25) is 0 Å². The van der Waals surface area contributed by atoms with E-state index in [0.29, 0.717) is 6.10 Å². The first-order valence-electron chi connectivity index (χ1n) is 3.48. The van der Waals surface area contributed by atoms with Gasteiger partial charge in [0.2, 0.25) is 0 Å². The molecule has 0 aromatic heterocycles. The molecule has 2 heteroatoms. The van der Waals surface area contributed by atoms with E-state index >= 15 is 0 Å². The Morgan fingerprint density at radius 1 is 1.67 bits per heavy atom. The number of hydrogen-bond acceptors (Lipinski definition) is 1. The topological polar surface area (TPSA) is 9.23 Å². The van der Waals surface area contributed by atoms with Gasteiger partial charge in [0.15, 0.2) is 9.04 Å². The Balaban J connectivity index is 3.42. The highest BCUT2D eigenvalue weighted by Crippen LogP contribution is 2.00. The molecule has 0 saturated heterocycles. The maximum absolute atomic E-state index is 5.57. The SMILES string of the molecule is C=CC(CC)O[SiH](C)C. The molecule has 1 atom stereocenters. The molecule has 0 aromatic rings. The van der Waals surface area contributed by atoms with Crippen molar-refractivity contribution >= 4 is 9.04 Å². The molecular weight excluding hydrogens is 128 g/mol. The summed E-state index contributed by atoms with van der Waals surface area (Å²) in [7, 11) is -0.835. The molecule has 0 amide bonds. The molecule has 1 unspecified atom stereocenters. The molecule has 0 saturated carbocycles. The van der Waals surface area contributed by atoms with Crippen LogP contribution < -0.4 is 0 Å². The molecule has 0 spiro atoms. The standard InChI is InChI=1S/C7H16OSi/c1-5-7(6-2)8-9(3)4/h5,7,9H,1,6H2,2-4H3. The van der Waals surface area contributed by atoms with Crippen molar-refractivity contribution in [3.8, 4) is 0 Å². The summed E-state index contributed by atoms with van der Waals surface area (Å²) in [6.45, 7) is 10.1. The molecule has 0 heterocycles. The van der Waals surface area contributed by atoms with Gasteiger partial charge in [-0.2, -0.15) is 0 Å². The van der Waals surface area contributed by atoms with E-state index in [9.17, 15) is 0 Å². The first-order chi connectivity index (χ1) is 4.20. The van der Waals surface area contributed by atoms with Crippen LogP contribution in [0.2, 0.25) is 13.1 Å². The minimum absolute atomic E-state index is 0.302. The first kappa shape index (κ1) is 8.92. The van der Waals surface area contributed by atoms with Crippen LogP contribution in [0, 0.1) is 0 Å². The lowest BCUT2D eigenvalue weighted by molar-refractivity contribution is 0.250. The lowest BCUT2D eigenvalue weighted by Gasteiger charge is -2.13. The quantitative estimate of drug-likeness (QED) is 0.433. The minimum Gasteiger partial charge on any atom is -0.414 e. The summed E-state index contributed by atoms with van der Waals surface area (Å²) >= 11 is 0. The van der Waals surface area contributed by atoms with Gasteiger partial charge in [-0.05, 0) is 19.5 Å². The molecule has 0 rings (SSSR count). The highest BCUT2D eigenvalue weighted by Gasteiger charge is 2.02. The smallest absolute Gasteiger partial charge is 0.171 e. The van der Waals surface area contributed by atoms with Crippen molar-refractivity contribution in [2.45, 2.75) is 32.5 Å². The van der Waals surface area contributed by atoms with Crippen LogP contribution in [0.3, 0.4) is 0 Å². The normalized spacial score (nSPS) is 13.8. The van der Waals surface area contributed by atoms with Gasteiger partial charge in [0, 0.05) is 0 Å². The van der Waals surface area contributed by atoms with Gasteiger partial charge in [0.1, 0.15) is 0 Å². The summed E-state index contributed by atoms with van der Waals surface area (Å²) < 4.78 is 5.57. The van der Waals surface area contributed by atoms with E-state index in [4.69, 9.17) is 4.43 Å². The van der Waals surface area contributed by atoms with Crippen molar-refractivity contribution in [2.24, 2.45) is 0 Å². The second kappa shape index (κ2) is 4.76. The van der Waals surface area contributed by atoms with E-state index in [1.54, 1.807) is 0 Å². The molecule has 0 N–H and O–H groups in total. The summed E-state index contributed by atoms with van der Waals surface area (Å²) in [6.07, 6.45) is 3.23. The summed E-state index contributed by atoms with van der Waals surface area (Å²) in [6, 6.07) is 0. The van der Waals surface area contributed by atoms with E-state index < -0.39 is 9.04 Å². The lowest BCUT2D eigenvalue weighted by Crippen LogP contribution is -2.17. The lowest BCUT2D eigenvalue weighted by atomic mass is 10.3. The van der Waals surface area contributed by atoms with E-state index in [1.807, 2.05) is 6.08 Å². The van der Waals surface area contributed by atoms with Crippen molar-refractivity contribution in [1.29, 1.82) is 0 Å². The van der Waals surface area contributed by atoms with E-state index in [1.165, 1.54) is 0 Å². The van der Waals surface area contributed by atoms with Crippen LogP contribution in [0.5, 0.6) is 0 Å². The zero-order valence-electron chi connectivity index (χ0n) is 6.55. The summed E-state index contributed by atoms with van der Waals surface area (Å²) in [5, 5.41) is 0. The van der Waals surface area contributed by atoms with Crippen LogP contribution in [0.1, 0.15) is 13.3 Å². The Morgan fingerprint density at radius 2 is 2.22 bits per heavy atom. The molecular formula is C7H16OSi. The monoisotopic (exact) mass is 144 g/mol. The average Bonchev–Trinajstić information content (AvgIpc) is 1.82. The van der Waals surface area contributed by atoms with Crippen molar-refractivity contribution < 1.29 is 4.43 Å². The van der Waals surface area contributed by atoms with Crippen LogP contribution in [-0.4, -0.2) is 15.1 Å². The van der Waals surface area contributed by atoms with Gasteiger partial charge in [0.05, 0.1) is 6.10 Å². The van der Waals surface area contributed by atoms with Gasteiger partial charge < -0.3 is 4.43 Å². The van der Waals surface area contributed by atoms with Gasteiger partial charge in [0.25, 0.3) is 0 Å². The third kappa shape index (κ3) is 4.42. The van der Waals surface area contributed by atoms with Gasteiger partial charge in [-0.25, -0.2) is 0 Å². The maximum Gasteiger partial charge on any atom is 0.171 e. The minimum atomic E-state index is -0.835. The second-order valence-corrected chi connectivity index (χ2v) is 4.74. The fraction of sp³-hybridized carbons (Fsp3) is 0.714. The van der Waals surface area contributed by atoms with Crippen molar-refractivity contribution in [2.75, 3.05) is 0 Å². The van der Waals surface area contributed by atoms with Crippen LogP contribution in [0.25, 0.3) is 0 Å². The predicted molar refractivity (Wildman–Crippen MR) is 44.2 cm³/mol. The van der Waals surface area contributed by atoms with Crippen LogP contribution >= 0.6 is 0 Å². The van der Waals surface area contributed by atoms with Crippen molar-refractivity contribution in [3.63, 3.8) is 0 Å². The molecule has 0 radical (unpaired) electrons. The average molecular weight is 144 g/mol. The highest BCUT2D eigenvalue weighted by molar-refractivity contribution is 6.48. The van der Waals surface area contributed by atoms with Crippen molar-refractivity contribution in [3.05, 3.63) is 12.7 Å². The fourth-order valence-corrected chi connectivity index (χ4v) is 1.67. The molecule has 0 aromatic carbocycles. The Morgan fingerprint density at radius 3 is 2.33 bits per heavy atom. The molecule has 0 bridgehead atoms. The second-order valence-electron chi connectivity index (χ2n) is 2.37. The molecule has 0 fully saturated rings. The fourth-order valence-electron chi connectivity index (χ4n) is 0.668. The molecule has 1 nitrogen and oxygen atoms in total. The Labute approximate surface area is 59.5 Å². The Kier molecular flexibility index (Phi) is 4.72. The van der Waals surface area contributed by atoms with E-state index in [2.05, 4.69) is 26.6 Å². The van der Waals surface area contributed by atoms with E-state index in [0.717, 1.165) is 6.42 Å². The summed E-state index contributed by atoms with van der Waals surface area (Å²) in [4.78, 5) is 0. The van der Waals surface area contributed by atoms with Crippen molar-refractivity contribution in [1.82, 2.24) is 0 Å². The number of hydrogen-bond donors (Lipinski definition) is 0. The number of rotatable bonds is 4. The zero-order chi connectivity index (χ0) is 7.28. The molecule has 54 valence electrons. The van der Waals surface area contributed by atoms with Crippen LogP contribution in [0.4, 0.5) is 0 Å². The van der Waals surface area contributed by atoms with Gasteiger partial charge >= 0.3 is 0 Å². The molecule has 0 aliphatic rings. The largest absolute Gasteiger partial charge is 0.414 e. The molecule has 0 aliphatic heterocycles. The maximum atomic E-state index is 5.57. The third-order valence-corrected chi connectivity index (χ3v) is 2.01. The first-order valence-corrected chi connectivity index (χ1v) is 6.26. The summed E-state index contributed by atoms with van der Waals surface area (Å²) in [5.74, 6) is 0. The van der Waals surface area contributed by atoms with Crippen LogP contribution in [-0.2, 0) is 4.43 Å². The van der Waals surface area contributed by atoms with Gasteiger partial charge in [-0.1, -0.05) is 13.0 Å². The highest BCUT2D eigenvalue weighted by atomic mass is 28.3. The Bertz CT molecular complexity index is 81.0. The van der Waals surface area contributed by atoms with Gasteiger partial charge in [-0.15, -0.1) is 6.58 Å². The zero-order valence-corrected chi connectivity index (χ0v) is 7.71. The third-order valence-electron chi connectivity index (χ3n) is 1.11. The Hall–Kier alpha value is -0.0831. The summed E-state index contributed by atoms with van der Waals surface area (Å²) in [5.41, 5.74) is 0. The predicted octanol–water partition coefficient (Wildman–Crippen LogP) is 1.95. The molecule has 9 heavy (non-hydrogen) atoms. The molecule has 0 aliphatic carbocycles.